The minimum absolute atomic E-state index is 1.12. The molecule has 0 unspecified atom stereocenters. The highest BCUT2D eigenvalue weighted by Gasteiger charge is 1.95. The van der Waals surface area contributed by atoms with Crippen LogP contribution in [0.4, 0.5) is 0 Å². The molecule has 0 aliphatic heterocycles. The lowest BCUT2D eigenvalue weighted by Crippen LogP contribution is -1.94. The molecule has 0 spiro atoms. The maximum Gasteiger partial charge on any atom is 0.0945 e. The van der Waals surface area contributed by atoms with Crippen LogP contribution in [0.2, 0.25) is 0 Å². The first-order chi connectivity index (χ1) is 8.95. The Kier molecular flexibility index (Phi) is 6.00. The quantitative estimate of drug-likeness (QED) is 0.607. The zero-order chi connectivity index (χ0) is 12.5. The molecule has 0 saturated carbocycles. The van der Waals surface area contributed by atoms with E-state index in [0.29, 0.717) is 0 Å². The van der Waals surface area contributed by atoms with Crippen molar-refractivity contribution in [2.75, 3.05) is 0 Å². The molecule has 2 nitrogen and oxygen atoms in total. The number of hydrogen-bond acceptors (Lipinski definition) is 2. The van der Waals surface area contributed by atoms with E-state index in [4.69, 9.17) is 0 Å². The zero-order valence-electron chi connectivity index (χ0n) is 10.9. The molecule has 0 N–H and O–H groups in total. The second-order valence-electron chi connectivity index (χ2n) is 4.75. The van der Waals surface area contributed by atoms with Crippen LogP contribution in [0.25, 0.3) is 0 Å². The van der Waals surface area contributed by atoms with Crippen molar-refractivity contribution in [1.82, 2.24) is 9.55 Å². The van der Waals surface area contributed by atoms with Crippen molar-refractivity contribution in [2.45, 2.75) is 51.5 Å². The van der Waals surface area contributed by atoms with Gasteiger partial charge in [-0.25, -0.2) is 4.98 Å². The van der Waals surface area contributed by atoms with Crippen LogP contribution < -0.4 is 0 Å². The number of hydrogen-bond donors (Lipinski definition) is 0. The van der Waals surface area contributed by atoms with Gasteiger partial charge in [0.25, 0.3) is 0 Å². The maximum atomic E-state index is 4.05. The summed E-state index contributed by atoms with van der Waals surface area (Å²) in [5.74, 6) is 0. The molecule has 98 valence electrons. The highest BCUT2D eigenvalue weighted by atomic mass is 32.1. The van der Waals surface area contributed by atoms with Gasteiger partial charge in [0.1, 0.15) is 0 Å². The normalized spacial score (nSPS) is 10.9. The number of aromatic nitrogens is 2. The van der Waals surface area contributed by atoms with E-state index in [2.05, 4.69) is 27.1 Å². The van der Waals surface area contributed by atoms with Crippen LogP contribution in [0.5, 0.6) is 0 Å². The fourth-order valence-corrected chi connectivity index (χ4v) is 2.93. The molecule has 0 aliphatic rings. The molecule has 0 aromatic carbocycles. The van der Waals surface area contributed by atoms with Crippen molar-refractivity contribution in [2.24, 2.45) is 0 Å². The third kappa shape index (κ3) is 5.05. The van der Waals surface area contributed by atoms with E-state index in [9.17, 15) is 0 Å². The molecule has 0 bridgehead atoms. The van der Waals surface area contributed by atoms with E-state index < -0.39 is 0 Å². The Morgan fingerprint density at radius 3 is 2.61 bits per heavy atom. The lowest BCUT2D eigenvalue weighted by atomic mass is 10.1. The number of aryl methyl sites for hydroxylation is 2. The molecule has 2 aromatic heterocycles. The summed E-state index contributed by atoms with van der Waals surface area (Å²) in [6.45, 7) is 1.12. The van der Waals surface area contributed by atoms with Gasteiger partial charge in [0, 0.05) is 23.8 Å². The predicted molar refractivity (Wildman–Crippen MR) is 78.0 cm³/mol. The van der Waals surface area contributed by atoms with E-state index in [-0.39, 0.29) is 0 Å². The molecule has 18 heavy (non-hydrogen) atoms. The topological polar surface area (TPSA) is 17.8 Å². The number of rotatable bonds is 9. The standard InChI is InChI=1S/C15H22N2S/c1(3-5-8-15-9-7-13-18-15)2-4-6-11-17-12-10-16-14-17/h7,9-10,12-14H,1-6,8,11H2. The summed E-state index contributed by atoms with van der Waals surface area (Å²) in [6.07, 6.45) is 15.2. The number of imidazole rings is 1. The van der Waals surface area contributed by atoms with Gasteiger partial charge < -0.3 is 4.57 Å². The van der Waals surface area contributed by atoms with E-state index in [1.807, 2.05) is 30.1 Å². The van der Waals surface area contributed by atoms with E-state index in [1.54, 1.807) is 0 Å². The third-order valence-electron chi connectivity index (χ3n) is 3.23. The Hall–Kier alpha value is -1.09. The fraction of sp³-hybridized carbons (Fsp3) is 0.533. The van der Waals surface area contributed by atoms with Gasteiger partial charge in [0.2, 0.25) is 0 Å². The van der Waals surface area contributed by atoms with Crippen molar-refractivity contribution in [3.63, 3.8) is 0 Å². The van der Waals surface area contributed by atoms with Gasteiger partial charge in [0.05, 0.1) is 6.33 Å². The third-order valence-corrected chi connectivity index (χ3v) is 4.16. The van der Waals surface area contributed by atoms with Gasteiger partial charge in [-0.15, -0.1) is 11.3 Å². The Morgan fingerprint density at radius 2 is 1.89 bits per heavy atom. The first kappa shape index (κ1) is 13.3. The second-order valence-corrected chi connectivity index (χ2v) is 5.78. The maximum absolute atomic E-state index is 4.05. The molecule has 3 heteroatoms. The van der Waals surface area contributed by atoms with E-state index in [0.717, 1.165) is 6.54 Å². The molecule has 2 aromatic rings. The van der Waals surface area contributed by atoms with Gasteiger partial charge in [-0.1, -0.05) is 31.7 Å². The van der Waals surface area contributed by atoms with Crippen molar-refractivity contribution in [3.05, 3.63) is 41.1 Å². The van der Waals surface area contributed by atoms with Crippen molar-refractivity contribution in [3.8, 4) is 0 Å². The molecule has 0 fully saturated rings. The van der Waals surface area contributed by atoms with E-state index in [1.165, 1.54) is 49.8 Å². The summed E-state index contributed by atoms with van der Waals surface area (Å²) in [4.78, 5) is 5.59. The first-order valence-electron chi connectivity index (χ1n) is 6.93. The van der Waals surface area contributed by atoms with Crippen molar-refractivity contribution in [1.29, 1.82) is 0 Å². The van der Waals surface area contributed by atoms with Gasteiger partial charge >= 0.3 is 0 Å². The SMILES string of the molecule is c1csc(CCCCCCCCn2ccnc2)c1. The smallest absolute Gasteiger partial charge is 0.0945 e. The van der Waals surface area contributed by atoms with Crippen LogP contribution >= 0.6 is 11.3 Å². The Bertz CT molecular complexity index is 352. The molecule has 2 rings (SSSR count). The second kappa shape index (κ2) is 8.09. The summed E-state index contributed by atoms with van der Waals surface area (Å²) in [5, 5.41) is 2.17. The lowest BCUT2D eigenvalue weighted by Gasteiger charge is -2.02. The van der Waals surface area contributed by atoms with Crippen LogP contribution in [-0.4, -0.2) is 9.55 Å². The molecule has 0 radical (unpaired) electrons. The Morgan fingerprint density at radius 1 is 1.06 bits per heavy atom. The first-order valence-corrected chi connectivity index (χ1v) is 7.81. The molecular weight excluding hydrogens is 240 g/mol. The highest BCUT2D eigenvalue weighted by molar-refractivity contribution is 7.09. The summed E-state index contributed by atoms with van der Waals surface area (Å²) < 4.78 is 2.16. The largest absolute Gasteiger partial charge is 0.337 e. The molecule has 0 amide bonds. The Balaban J connectivity index is 1.40. The average Bonchev–Trinajstić information content (AvgIpc) is 3.05. The summed E-state index contributed by atoms with van der Waals surface area (Å²) in [6, 6.07) is 4.39. The fourth-order valence-electron chi connectivity index (χ4n) is 2.17. The highest BCUT2D eigenvalue weighted by Crippen LogP contribution is 2.14. The molecule has 0 atom stereocenters. The minimum Gasteiger partial charge on any atom is -0.337 e. The molecule has 0 saturated heterocycles. The summed E-state index contributed by atoms with van der Waals surface area (Å²) >= 11 is 1.88. The average molecular weight is 262 g/mol. The lowest BCUT2D eigenvalue weighted by molar-refractivity contribution is 0.552. The minimum atomic E-state index is 1.12. The molecular formula is C15H22N2S. The Labute approximate surface area is 114 Å². The van der Waals surface area contributed by atoms with Crippen LogP contribution in [0.1, 0.15) is 43.4 Å². The monoisotopic (exact) mass is 262 g/mol. The van der Waals surface area contributed by atoms with Gasteiger partial charge in [-0.3, -0.25) is 0 Å². The molecule has 0 aliphatic carbocycles. The van der Waals surface area contributed by atoms with Gasteiger partial charge in [0.15, 0.2) is 0 Å². The number of nitrogens with zero attached hydrogens (tertiary/aromatic N) is 2. The van der Waals surface area contributed by atoms with Gasteiger partial charge in [-0.2, -0.15) is 0 Å². The molecule has 2 heterocycles. The van der Waals surface area contributed by atoms with Crippen LogP contribution in [0.3, 0.4) is 0 Å². The van der Waals surface area contributed by atoms with Crippen LogP contribution in [0.15, 0.2) is 36.2 Å². The number of thiophene rings is 1. The van der Waals surface area contributed by atoms with Crippen LogP contribution in [0, 0.1) is 0 Å². The predicted octanol–water partition coefficient (Wildman–Crippen LogP) is 4.53. The van der Waals surface area contributed by atoms with Crippen molar-refractivity contribution < 1.29 is 0 Å². The van der Waals surface area contributed by atoms with Gasteiger partial charge in [-0.05, 0) is 30.7 Å². The zero-order valence-corrected chi connectivity index (χ0v) is 11.7. The summed E-state index contributed by atoms with van der Waals surface area (Å²) in [5.41, 5.74) is 0. The number of unbranched alkanes of at least 4 members (excludes halogenated alkanes) is 5. The van der Waals surface area contributed by atoms with Crippen LogP contribution in [-0.2, 0) is 13.0 Å². The summed E-state index contributed by atoms with van der Waals surface area (Å²) in [7, 11) is 0. The van der Waals surface area contributed by atoms with Crippen molar-refractivity contribution >= 4 is 11.3 Å². The van der Waals surface area contributed by atoms with E-state index >= 15 is 0 Å².